The van der Waals surface area contributed by atoms with Gasteiger partial charge in [0, 0.05) is 5.56 Å². The second-order valence-corrected chi connectivity index (χ2v) is 11.5. The van der Waals surface area contributed by atoms with E-state index in [0.717, 1.165) is 53.1 Å². The first-order valence-electron chi connectivity index (χ1n) is 12.8. The molecule has 1 unspecified atom stereocenters. The molecule has 3 N–H and O–H groups in total. The van der Waals surface area contributed by atoms with E-state index in [4.69, 9.17) is 10.5 Å². The van der Waals surface area contributed by atoms with Crippen LogP contribution in [0.5, 0.6) is 11.5 Å². The summed E-state index contributed by atoms with van der Waals surface area (Å²) in [6.07, 6.45) is -0.569. The Labute approximate surface area is 216 Å². The first-order valence-corrected chi connectivity index (χ1v) is 12.8. The molecule has 3 aromatic carbocycles. The molecule has 0 amide bonds. The molecular weight excluding hydrogens is 479 g/mol. The number of hydrogen-bond donors (Lipinski definition) is 2. The molecule has 0 spiro atoms. The lowest BCUT2D eigenvalue weighted by molar-refractivity contribution is -0.274. The molecule has 1 aliphatic carbocycles. The lowest BCUT2D eigenvalue weighted by Gasteiger charge is -2.37. The van der Waals surface area contributed by atoms with Crippen molar-refractivity contribution in [2.75, 3.05) is 6.61 Å². The number of rotatable bonds is 6. The van der Waals surface area contributed by atoms with Crippen LogP contribution in [-0.2, 0) is 5.54 Å². The van der Waals surface area contributed by atoms with Crippen LogP contribution >= 0.6 is 0 Å². The topological polar surface area (TPSA) is 64.7 Å². The lowest BCUT2D eigenvalue weighted by atomic mass is 9.72. The Bertz CT molecular complexity index is 1220. The van der Waals surface area contributed by atoms with E-state index >= 15 is 0 Å². The van der Waals surface area contributed by atoms with Crippen molar-refractivity contribution in [1.29, 1.82) is 0 Å². The number of alkyl halides is 3. The Kier molecular flexibility index (Phi) is 7.50. The van der Waals surface area contributed by atoms with Crippen molar-refractivity contribution in [2.24, 2.45) is 17.1 Å². The van der Waals surface area contributed by atoms with Crippen LogP contribution in [0.4, 0.5) is 13.2 Å². The number of ether oxygens (including phenoxy) is 2. The van der Waals surface area contributed by atoms with Crippen LogP contribution in [0.25, 0.3) is 21.9 Å². The smallest absolute Gasteiger partial charge is 0.490 e. The zero-order valence-electron chi connectivity index (χ0n) is 21.9. The minimum atomic E-state index is -4.75. The summed E-state index contributed by atoms with van der Waals surface area (Å²) in [5, 5.41) is 11.5. The van der Waals surface area contributed by atoms with Crippen molar-refractivity contribution < 1.29 is 27.8 Å². The largest absolute Gasteiger partial charge is 0.573 e. The van der Waals surface area contributed by atoms with E-state index < -0.39 is 11.9 Å². The van der Waals surface area contributed by atoms with Crippen LogP contribution in [0.2, 0.25) is 0 Å². The van der Waals surface area contributed by atoms with Gasteiger partial charge in [-0.1, -0.05) is 51.1 Å². The van der Waals surface area contributed by atoms with Gasteiger partial charge in [-0.2, -0.15) is 0 Å². The summed E-state index contributed by atoms with van der Waals surface area (Å²) in [6, 6.07) is 15.5. The lowest BCUT2D eigenvalue weighted by Crippen LogP contribution is -2.36. The second kappa shape index (κ2) is 10.2. The van der Waals surface area contributed by atoms with Crippen LogP contribution in [0.1, 0.15) is 58.9 Å². The maximum absolute atomic E-state index is 12.7. The Morgan fingerprint density at radius 1 is 0.892 bits per heavy atom. The molecule has 4 rings (SSSR count). The van der Waals surface area contributed by atoms with Gasteiger partial charge in [-0.3, -0.25) is 0 Å². The molecule has 1 aliphatic rings. The van der Waals surface area contributed by atoms with Gasteiger partial charge in [0.15, 0.2) is 0 Å². The molecule has 0 aliphatic heterocycles. The standard InChI is InChI=1S/C30H36F3NO3/c1-28(2,3)21-8-13-23(14-9-21)36-26-16-7-20-17-22(29(4,34)18-35)10-15-25(20)27(26)19-5-11-24(12-6-19)37-30(31,32)33/h5-7,10-12,15-17,21,23,35H,8-9,13-14,18,34H2,1-4H3. The van der Waals surface area contributed by atoms with Crippen molar-refractivity contribution in [1.82, 2.24) is 0 Å². The highest BCUT2D eigenvalue weighted by atomic mass is 19.4. The van der Waals surface area contributed by atoms with E-state index in [2.05, 4.69) is 25.5 Å². The van der Waals surface area contributed by atoms with Crippen molar-refractivity contribution in [3.8, 4) is 22.6 Å². The molecule has 3 aromatic rings. The highest BCUT2D eigenvalue weighted by Gasteiger charge is 2.32. The molecular formula is C30H36F3NO3. The fourth-order valence-electron chi connectivity index (χ4n) is 5.20. The van der Waals surface area contributed by atoms with Crippen LogP contribution in [0.15, 0.2) is 54.6 Å². The number of aliphatic hydroxyl groups is 1. The Balaban J connectivity index is 1.72. The third kappa shape index (κ3) is 6.39. The predicted octanol–water partition coefficient (Wildman–Crippen LogP) is 7.56. The maximum atomic E-state index is 12.7. The van der Waals surface area contributed by atoms with Gasteiger partial charge in [0.25, 0.3) is 0 Å². The predicted molar refractivity (Wildman–Crippen MR) is 141 cm³/mol. The molecule has 7 heteroatoms. The van der Waals surface area contributed by atoms with Crippen LogP contribution in [-0.4, -0.2) is 24.2 Å². The molecule has 4 nitrogen and oxygen atoms in total. The molecule has 0 heterocycles. The van der Waals surface area contributed by atoms with Gasteiger partial charge < -0.3 is 20.3 Å². The fourth-order valence-corrected chi connectivity index (χ4v) is 5.20. The van der Waals surface area contributed by atoms with E-state index in [1.54, 1.807) is 19.1 Å². The van der Waals surface area contributed by atoms with E-state index in [-0.39, 0.29) is 23.9 Å². The summed E-state index contributed by atoms with van der Waals surface area (Å²) < 4.78 is 48.7. The van der Waals surface area contributed by atoms with E-state index in [9.17, 15) is 18.3 Å². The molecule has 0 saturated heterocycles. The number of nitrogens with two attached hydrogens (primary N) is 1. The Hall–Kier alpha value is -2.77. The van der Waals surface area contributed by atoms with Gasteiger partial charge in [0.2, 0.25) is 0 Å². The Morgan fingerprint density at radius 3 is 2.11 bits per heavy atom. The zero-order valence-corrected chi connectivity index (χ0v) is 21.9. The molecule has 0 bridgehead atoms. The summed E-state index contributed by atoms with van der Waals surface area (Å²) in [6.45, 7) is 8.40. The SMILES string of the molecule is CC(N)(CO)c1ccc2c(-c3ccc(OC(F)(F)F)cc3)c(OC3CCC(C(C)(C)C)CC3)ccc2c1. The fraction of sp³-hybridized carbons (Fsp3) is 0.467. The van der Waals surface area contributed by atoms with Crippen LogP contribution < -0.4 is 15.2 Å². The van der Waals surface area contributed by atoms with Gasteiger partial charge >= 0.3 is 6.36 Å². The zero-order chi connectivity index (χ0) is 27.0. The van der Waals surface area contributed by atoms with E-state index in [1.807, 2.05) is 30.3 Å². The van der Waals surface area contributed by atoms with Gasteiger partial charge in [-0.25, -0.2) is 0 Å². The molecule has 200 valence electrons. The first-order chi connectivity index (χ1) is 17.3. The average Bonchev–Trinajstić information content (AvgIpc) is 2.83. The maximum Gasteiger partial charge on any atom is 0.573 e. The molecule has 0 radical (unpaired) electrons. The number of aliphatic hydroxyl groups excluding tert-OH is 1. The molecule has 1 fully saturated rings. The molecule has 37 heavy (non-hydrogen) atoms. The highest BCUT2D eigenvalue weighted by molar-refractivity contribution is 6.00. The minimum Gasteiger partial charge on any atom is -0.490 e. The average molecular weight is 516 g/mol. The van der Waals surface area contributed by atoms with Crippen LogP contribution in [0.3, 0.4) is 0 Å². The number of halogens is 3. The summed E-state index contributed by atoms with van der Waals surface area (Å²) in [7, 11) is 0. The first kappa shape index (κ1) is 27.3. The highest BCUT2D eigenvalue weighted by Crippen LogP contribution is 2.43. The number of fused-ring (bicyclic) bond motifs is 1. The van der Waals surface area contributed by atoms with Gasteiger partial charge in [-0.15, -0.1) is 13.2 Å². The monoisotopic (exact) mass is 515 g/mol. The quantitative estimate of drug-likeness (QED) is 0.356. The molecule has 1 saturated carbocycles. The molecule has 0 aromatic heterocycles. The van der Waals surface area contributed by atoms with Crippen molar-refractivity contribution in [2.45, 2.75) is 71.4 Å². The second-order valence-electron chi connectivity index (χ2n) is 11.5. The van der Waals surface area contributed by atoms with Crippen LogP contribution in [0, 0.1) is 11.3 Å². The summed E-state index contributed by atoms with van der Waals surface area (Å²) >= 11 is 0. The summed E-state index contributed by atoms with van der Waals surface area (Å²) in [5.41, 5.74) is 7.95. The summed E-state index contributed by atoms with van der Waals surface area (Å²) in [4.78, 5) is 0. The third-order valence-electron chi connectivity index (χ3n) is 7.54. The normalized spacial score (nSPS) is 20.5. The third-order valence-corrected chi connectivity index (χ3v) is 7.54. The van der Waals surface area contributed by atoms with Crippen molar-refractivity contribution in [3.05, 3.63) is 60.2 Å². The number of hydrogen-bond acceptors (Lipinski definition) is 4. The van der Waals surface area contributed by atoms with Gasteiger partial charge in [0.1, 0.15) is 11.5 Å². The molecule has 1 atom stereocenters. The summed E-state index contributed by atoms with van der Waals surface area (Å²) in [5.74, 6) is 1.07. The van der Waals surface area contributed by atoms with E-state index in [0.29, 0.717) is 11.7 Å². The van der Waals surface area contributed by atoms with Gasteiger partial charge in [0.05, 0.1) is 18.2 Å². The number of benzene rings is 3. The minimum absolute atomic E-state index is 0.0728. The van der Waals surface area contributed by atoms with Crippen molar-refractivity contribution >= 4 is 10.8 Å². The Morgan fingerprint density at radius 2 is 1.54 bits per heavy atom. The van der Waals surface area contributed by atoms with E-state index in [1.165, 1.54) is 12.1 Å². The van der Waals surface area contributed by atoms with Crippen molar-refractivity contribution in [3.63, 3.8) is 0 Å². The van der Waals surface area contributed by atoms with Gasteiger partial charge in [-0.05, 0) is 90.1 Å².